The summed E-state index contributed by atoms with van der Waals surface area (Å²) in [6.45, 7) is 1.47. The Balaban J connectivity index is 1.74. The van der Waals surface area contributed by atoms with Crippen LogP contribution in [-0.2, 0) is 15.9 Å². The Morgan fingerprint density at radius 1 is 1.35 bits per heavy atom. The molecule has 1 aliphatic rings. The third-order valence-corrected chi connectivity index (χ3v) is 3.42. The van der Waals surface area contributed by atoms with Crippen molar-refractivity contribution in [3.05, 3.63) is 29.3 Å². The summed E-state index contributed by atoms with van der Waals surface area (Å²) in [7, 11) is 1.61. The van der Waals surface area contributed by atoms with Gasteiger partial charge in [0.05, 0.1) is 19.8 Å². The van der Waals surface area contributed by atoms with Gasteiger partial charge in [-0.15, -0.1) is 0 Å². The van der Waals surface area contributed by atoms with E-state index in [2.05, 4.69) is 0 Å². The first-order valence-electron chi connectivity index (χ1n) is 6.96. The number of methoxy groups -OCH3 is 1. The van der Waals surface area contributed by atoms with Gasteiger partial charge >= 0.3 is 0 Å². The highest BCUT2D eigenvalue weighted by atomic mass is 16.5. The number of hydrogen-bond donors (Lipinski definition) is 2. The van der Waals surface area contributed by atoms with Crippen molar-refractivity contribution in [2.75, 3.05) is 33.5 Å². The maximum atomic E-state index is 9.73. The zero-order valence-electron chi connectivity index (χ0n) is 11.9. The van der Waals surface area contributed by atoms with Crippen LogP contribution in [0, 0.1) is 0 Å². The number of fused-ring (bicyclic) bond motifs is 1. The third-order valence-electron chi connectivity index (χ3n) is 3.42. The number of aryl methyl sites for hydroxylation is 1. The van der Waals surface area contributed by atoms with Gasteiger partial charge in [0, 0.05) is 13.2 Å². The molecular weight excluding hydrogens is 258 g/mol. The molecule has 1 aromatic carbocycles. The fourth-order valence-electron chi connectivity index (χ4n) is 2.32. The molecule has 20 heavy (non-hydrogen) atoms. The lowest BCUT2D eigenvalue weighted by Crippen LogP contribution is -2.24. The van der Waals surface area contributed by atoms with E-state index >= 15 is 0 Å². The third kappa shape index (κ3) is 4.18. The Hall–Kier alpha value is -1.14. The first kappa shape index (κ1) is 15.3. The fraction of sp³-hybridized carbons (Fsp3) is 0.600. The van der Waals surface area contributed by atoms with E-state index in [-0.39, 0.29) is 19.3 Å². The van der Waals surface area contributed by atoms with E-state index in [0.717, 1.165) is 18.6 Å². The van der Waals surface area contributed by atoms with Gasteiger partial charge in [0.1, 0.15) is 18.5 Å². The zero-order chi connectivity index (χ0) is 14.4. The van der Waals surface area contributed by atoms with Crippen molar-refractivity contribution in [3.63, 3.8) is 0 Å². The van der Waals surface area contributed by atoms with E-state index in [9.17, 15) is 5.11 Å². The normalized spacial score (nSPS) is 18.9. The van der Waals surface area contributed by atoms with Crippen molar-refractivity contribution < 1.29 is 19.3 Å². The van der Waals surface area contributed by atoms with Crippen molar-refractivity contribution in [1.29, 1.82) is 0 Å². The monoisotopic (exact) mass is 281 g/mol. The van der Waals surface area contributed by atoms with Crippen molar-refractivity contribution >= 4 is 0 Å². The molecular formula is C15H23NO4. The van der Waals surface area contributed by atoms with Crippen LogP contribution in [0.25, 0.3) is 0 Å². The van der Waals surface area contributed by atoms with Gasteiger partial charge < -0.3 is 25.1 Å². The van der Waals surface area contributed by atoms with E-state index in [1.54, 1.807) is 7.11 Å². The Morgan fingerprint density at radius 2 is 2.20 bits per heavy atom. The van der Waals surface area contributed by atoms with Gasteiger partial charge in [-0.05, 0) is 36.1 Å². The minimum atomic E-state index is -0.637. The van der Waals surface area contributed by atoms with E-state index in [4.69, 9.17) is 19.9 Å². The second-order valence-electron chi connectivity index (χ2n) is 5.04. The van der Waals surface area contributed by atoms with Crippen molar-refractivity contribution in [2.24, 2.45) is 5.73 Å². The Kier molecular flexibility index (Phi) is 5.79. The lowest BCUT2D eigenvalue weighted by atomic mass is 10.1. The minimum absolute atomic E-state index is 0.152. The predicted octanol–water partition coefficient (Wildman–Crippen LogP) is 1.04. The molecule has 0 heterocycles. The van der Waals surface area contributed by atoms with E-state index in [0.29, 0.717) is 13.2 Å². The van der Waals surface area contributed by atoms with Crippen LogP contribution in [0.4, 0.5) is 0 Å². The molecule has 0 saturated heterocycles. The molecule has 0 aromatic heterocycles. The van der Waals surface area contributed by atoms with Gasteiger partial charge in [-0.2, -0.15) is 0 Å². The highest BCUT2D eigenvalue weighted by Gasteiger charge is 2.19. The Bertz CT molecular complexity index is 424. The van der Waals surface area contributed by atoms with Crippen molar-refractivity contribution in [2.45, 2.75) is 25.0 Å². The average molecular weight is 281 g/mol. The quantitative estimate of drug-likeness (QED) is 0.696. The van der Waals surface area contributed by atoms with Gasteiger partial charge in [0.15, 0.2) is 0 Å². The molecule has 0 spiro atoms. The maximum absolute atomic E-state index is 9.73. The molecule has 1 aromatic rings. The lowest BCUT2D eigenvalue weighted by Gasteiger charge is -2.13. The standard InChI is InChI=1S/C15H23NO4/c1-18-6-7-19-9-12(17)10-20-13-3-4-14-11(8-13)2-5-15(14)16/h3-4,8,12,15,17H,2,5-7,9-10,16H2,1H3/t12?,15-/m1/s1. The molecule has 0 saturated carbocycles. The van der Waals surface area contributed by atoms with Gasteiger partial charge in [-0.1, -0.05) is 6.07 Å². The van der Waals surface area contributed by atoms with Crippen LogP contribution in [0.5, 0.6) is 5.75 Å². The summed E-state index contributed by atoms with van der Waals surface area (Å²) in [6, 6.07) is 6.09. The second kappa shape index (κ2) is 7.59. The number of nitrogens with two attached hydrogens (primary N) is 1. The predicted molar refractivity (Wildman–Crippen MR) is 75.9 cm³/mol. The number of ether oxygens (including phenoxy) is 3. The summed E-state index contributed by atoms with van der Waals surface area (Å²) in [4.78, 5) is 0. The van der Waals surface area contributed by atoms with Gasteiger partial charge in [0.25, 0.3) is 0 Å². The summed E-state index contributed by atoms with van der Waals surface area (Å²) in [6.07, 6.45) is 1.35. The number of hydrogen-bond acceptors (Lipinski definition) is 5. The van der Waals surface area contributed by atoms with Crippen LogP contribution in [-0.4, -0.2) is 44.7 Å². The molecule has 1 unspecified atom stereocenters. The summed E-state index contributed by atoms with van der Waals surface area (Å²) >= 11 is 0. The van der Waals surface area contributed by atoms with Crippen molar-refractivity contribution in [3.8, 4) is 5.75 Å². The van der Waals surface area contributed by atoms with Crippen LogP contribution in [0.15, 0.2) is 18.2 Å². The zero-order valence-corrected chi connectivity index (χ0v) is 11.9. The SMILES string of the molecule is COCCOCC(O)COc1ccc2c(c1)CC[C@H]2N. The molecule has 5 nitrogen and oxygen atoms in total. The number of benzene rings is 1. The lowest BCUT2D eigenvalue weighted by molar-refractivity contribution is -0.00420. The fourth-order valence-corrected chi connectivity index (χ4v) is 2.32. The molecule has 0 aliphatic heterocycles. The first-order valence-corrected chi connectivity index (χ1v) is 6.96. The second-order valence-corrected chi connectivity index (χ2v) is 5.04. The van der Waals surface area contributed by atoms with E-state index in [1.165, 1.54) is 11.1 Å². The largest absolute Gasteiger partial charge is 0.491 e. The molecule has 2 rings (SSSR count). The molecule has 5 heteroatoms. The van der Waals surface area contributed by atoms with Crippen LogP contribution < -0.4 is 10.5 Å². The van der Waals surface area contributed by atoms with E-state index < -0.39 is 6.10 Å². The average Bonchev–Trinajstić information content (AvgIpc) is 2.82. The number of aliphatic hydroxyl groups is 1. The summed E-state index contributed by atoms with van der Waals surface area (Å²) < 4.78 is 15.7. The molecule has 0 bridgehead atoms. The topological polar surface area (TPSA) is 73.9 Å². The highest BCUT2D eigenvalue weighted by Crippen LogP contribution is 2.31. The smallest absolute Gasteiger partial charge is 0.119 e. The van der Waals surface area contributed by atoms with Gasteiger partial charge in [-0.25, -0.2) is 0 Å². The number of aliphatic hydroxyl groups excluding tert-OH is 1. The number of rotatable bonds is 8. The van der Waals surface area contributed by atoms with E-state index in [1.807, 2.05) is 18.2 Å². The van der Waals surface area contributed by atoms with Crippen LogP contribution in [0.3, 0.4) is 0 Å². The molecule has 2 atom stereocenters. The Morgan fingerprint density at radius 3 is 3.00 bits per heavy atom. The summed E-state index contributed by atoms with van der Waals surface area (Å²) in [5, 5.41) is 9.73. The summed E-state index contributed by atoms with van der Waals surface area (Å²) in [5.74, 6) is 0.772. The minimum Gasteiger partial charge on any atom is -0.491 e. The molecule has 0 amide bonds. The molecule has 3 N–H and O–H groups in total. The maximum Gasteiger partial charge on any atom is 0.119 e. The first-order chi connectivity index (χ1) is 9.70. The molecule has 112 valence electrons. The van der Waals surface area contributed by atoms with Gasteiger partial charge in [0.2, 0.25) is 0 Å². The molecule has 1 aliphatic carbocycles. The molecule has 0 fully saturated rings. The molecule has 0 radical (unpaired) electrons. The van der Waals surface area contributed by atoms with Gasteiger partial charge in [-0.3, -0.25) is 0 Å². The van der Waals surface area contributed by atoms with Crippen LogP contribution >= 0.6 is 0 Å². The Labute approximate surface area is 119 Å². The highest BCUT2D eigenvalue weighted by molar-refractivity contribution is 5.40. The summed E-state index contributed by atoms with van der Waals surface area (Å²) in [5.41, 5.74) is 8.45. The van der Waals surface area contributed by atoms with Crippen molar-refractivity contribution in [1.82, 2.24) is 0 Å². The van der Waals surface area contributed by atoms with Crippen LogP contribution in [0.2, 0.25) is 0 Å². The van der Waals surface area contributed by atoms with Crippen LogP contribution in [0.1, 0.15) is 23.6 Å².